The third kappa shape index (κ3) is 3.05. The summed E-state index contributed by atoms with van der Waals surface area (Å²) in [7, 11) is -3.39. The van der Waals surface area contributed by atoms with Crippen molar-refractivity contribution in [3.8, 4) is 0 Å². The SMILES string of the molecule is Cc1ccc(S(=O)(=O)N(CCCN)C2CCC2)cc1C. The van der Waals surface area contributed by atoms with Crippen molar-refractivity contribution in [2.24, 2.45) is 5.73 Å². The Labute approximate surface area is 122 Å². The lowest BCUT2D eigenvalue weighted by molar-refractivity contribution is 0.218. The molecule has 1 aliphatic carbocycles. The number of sulfonamides is 1. The van der Waals surface area contributed by atoms with E-state index in [0.29, 0.717) is 24.4 Å². The molecule has 1 fully saturated rings. The van der Waals surface area contributed by atoms with E-state index in [1.165, 1.54) is 0 Å². The van der Waals surface area contributed by atoms with Gasteiger partial charge in [0.2, 0.25) is 10.0 Å². The number of aryl methyl sites for hydroxylation is 2. The smallest absolute Gasteiger partial charge is 0.243 e. The minimum Gasteiger partial charge on any atom is -0.330 e. The van der Waals surface area contributed by atoms with Crippen LogP contribution in [-0.4, -0.2) is 31.9 Å². The van der Waals surface area contributed by atoms with Crippen LogP contribution in [0.5, 0.6) is 0 Å². The third-order valence-corrected chi connectivity index (χ3v) is 6.10. The zero-order valence-corrected chi connectivity index (χ0v) is 13.1. The normalized spacial score (nSPS) is 16.4. The van der Waals surface area contributed by atoms with E-state index in [0.717, 1.165) is 30.4 Å². The summed E-state index contributed by atoms with van der Waals surface area (Å²) in [4.78, 5) is 0.407. The lowest BCUT2D eigenvalue weighted by Crippen LogP contribution is -2.45. The van der Waals surface area contributed by atoms with E-state index in [9.17, 15) is 8.42 Å². The van der Waals surface area contributed by atoms with E-state index in [1.807, 2.05) is 19.9 Å². The average molecular weight is 296 g/mol. The minimum absolute atomic E-state index is 0.160. The zero-order valence-electron chi connectivity index (χ0n) is 12.3. The second-order valence-corrected chi connectivity index (χ2v) is 7.48. The van der Waals surface area contributed by atoms with Gasteiger partial charge in [0.15, 0.2) is 0 Å². The summed E-state index contributed by atoms with van der Waals surface area (Å²) in [5, 5.41) is 0. The molecule has 0 atom stereocenters. The Hall–Kier alpha value is -0.910. The highest BCUT2D eigenvalue weighted by Gasteiger charge is 2.34. The molecule has 0 radical (unpaired) electrons. The predicted molar refractivity (Wildman–Crippen MR) is 81.1 cm³/mol. The Balaban J connectivity index is 2.30. The van der Waals surface area contributed by atoms with Crippen LogP contribution in [0.15, 0.2) is 23.1 Å². The highest BCUT2D eigenvalue weighted by molar-refractivity contribution is 7.89. The molecule has 0 aliphatic heterocycles. The van der Waals surface area contributed by atoms with E-state index >= 15 is 0 Å². The van der Waals surface area contributed by atoms with Crippen LogP contribution >= 0.6 is 0 Å². The maximum absolute atomic E-state index is 12.8. The van der Waals surface area contributed by atoms with E-state index in [-0.39, 0.29) is 6.04 Å². The van der Waals surface area contributed by atoms with Gasteiger partial charge in [0, 0.05) is 12.6 Å². The first-order valence-electron chi connectivity index (χ1n) is 7.26. The molecule has 0 aromatic heterocycles. The first-order valence-corrected chi connectivity index (χ1v) is 8.70. The lowest BCUT2D eigenvalue weighted by atomic mass is 9.93. The fourth-order valence-corrected chi connectivity index (χ4v) is 4.24. The minimum atomic E-state index is -3.39. The number of rotatable bonds is 6. The Morgan fingerprint density at radius 2 is 1.95 bits per heavy atom. The highest BCUT2D eigenvalue weighted by Crippen LogP contribution is 2.30. The fourth-order valence-electron chi connectivity index (χ4n) is 2.43. The second-order valence-electron chi connectivity index (χ2n) is 5.59. The maximum atomic E-state index is 12.8. The summed E-state index contributed by atoms with van der Waals surface area (Å²) < 4.78 is 27.3. The van der Waals surface area contributed by atoms with Crippen molar-refractivity contribution in [2.45, 2.75) is 50.5 Å². The summed E-state index contributed by atoms with van der Waals surface area (Å²) in [6.45, 7) is 4.98. The molecule has 0 heterocycles. The molecule has 2 N–H and O–H groups in total. The van der Waals surface area contributed by atoms with Gasteiger partial charge in [-0.1, -0.05) is 12.5 Å². The molecule has 1 saturated carbocycles. The monoisotopic (exact) mass is 296 g/mol. The van der Waals surface area contributed by atoms with E-state index in [2.05, 4.69) is 0 Å². The number of hydrogen-bond acceptors (Lipinski definition) is 3. The molecule has 1 aromatic rings. The fraction of sp³-hybridized carbons (Fsp3) is 0.600. The Kier molecular flexibility index (Phi) is 4.83. The molecular formula is C15H24N2O2S. The second kappa shape index (κ2) is 6.24. The molecule has 20 heavy (non-hydrogen) atoms. The summed E-state index contributed by atoms with van der Waals surface area (Å²) in [6.07, 6.45) is 3.76. The summed E-state index contributed by atoms with van der Waals surface area (Å²) in [5.74, 6) is 0. The van der Waals surface area contributed by atoms with Crippen LogP contribution < -0.4 is 5.73 Å². The van der Waals surface area contributed by atoms with Gasteiger partial charge in [-0.25, -0.2) is 8.42 Å². The lowest BCUT2D eigenvalue weighted by Gasteiger charge is -2.36. The van der Waals surface area contributed by atoms with Crippen LogP contribution in [0.2, 0.25) is 0 Å². The first-order chi connectivity index (χ1) is 9.46. The van der Waals surface area contributed by atoms with Crippen molar-refractivity contribution in [1.82, 2.24) is 4.31 Å². The van der Waals surface area contributed by atoms with Gasteiger partial charge >= 0.3 is 0 Å². The number of benzene rings is 1. The van der Waals surface area contributed by atoms with Crippen molar-refractivity contribution in [3.05, 3.63) is 29.3 Å². The molecule has 4 nitrogen and oxygen atoms in total. The largest absolute Gasteiger partial charge is 0.330 e. The molecule has 0 amide bonds. The van der Waals surface area contributed by atoms with Gasteiger partial charge in [-0.15, -0.1) is 0 Å². The van der Waals surface area contributed by atoms with Gasteiger partial charge in [0.1, 0.15) is 0 Å². The van der Waals surface area contributed by atoms with E-state index in [1.54, 1.807) is 16.4 Å². The molecule has 2 rings (SSSR count). The summed E-state index contributed by atoms with van der Waals surface area (Å²) in [5.41, 5.74) is 7.67. The molecule has 0 unspecified atom stereocenters. The van der Waals surface area contributed by atoms with Gasteiger partial charge in [0.25, 0.3) is 0 Å². The molecule has 1 aliphatic rings. The Morgan fingerprint density at radius 1 is 1.25 bits per heavy atom. The molecular weight excluding hydrogens is 272 g/mol. The first kappa shape index (κ1) is 15.5. The number of hydrogen-bond donors (Lipinski definition) is 1. The topological polar surface area (TPSA) is 63.4 Å². The quantitative estimate of drug-likeness (QED) is 0.875. The molecule has 1 aromatic carbocycles. The maximum Gasteiger partial charge on any atom is 0.243 e. The average Bonchev–Trinajstić information content (AvgIpc) is 2.35. The van der Waals surface area contributed by atoms with Gasteiger partial charge in [-0.05, 0) is 62.9 Å². The van der Waals surface area contributed by atoms with Crippen molar-refractivity contribution < 1.29 is 8.42 Å². The van der Waals surface area contributed by atoms with Gasteiger partial charge < -0.3 is 5.73 Å². The Bertz CT molecular complexity index is 565. The third-order valence-electron chi connectivity index (χ3n) is 4.15. The summed E-state index contributed by atoms with van der Waals surface area (Å²) in [6, 6.07) is 5.53. The van der Waals surface area contributed by atoms with E-state index < -0.39 is 10.0 Å². The number of nitrogens with zero attached hydrogens (tertiary/aromatic N) is 1. The van der Waals surface area contributed by atoms with Crippen LogP contribution in [0.3, 0.4) is 0 Å². The van der Waals surface area contributed by atoms with Crippen molar-refractivity contribution in [2.75, 3.05) is 13.1 Å². The van der Waals surface area contributed by atoms with Crippen LogP contribution in [0.4, 0.5) is 0 Å². The van der Waals surface area contributed by atoms with Crippen LogP contribution in [0.1, 0.15) is 36.8 Å². The van der Waals surface area contributed by atoms with Gasteiger partial charge in [0.05, 0.1) is 4.90 Å². The van der Waals surface area contributed by atoms with E-state index in [4.69, 9.17) is 5.73 Å². The van der Waals surface area contributed by atoms with Crippen LogP contribution in [0, 0.1) is 13.8 Å². The Morgan fingerprint density at radius 3 is 2.45 bits per heavy atom. The van der Waals surface area contributed by atoms with Gasteiger partial charge in [-0.2, -0.15) is 4.31 Å². The molecule has 0 bridgehead atoms. The molecule has 5 heteroatoms. The molecule has 112 valence electrons. The van der Waals surface area contributed by atoms with Crippen LogP contribution in [0.25, 0.3) is 0 Å². The highest BCUT2D eigenvalue weighted by atomic mass is 32.2. The van der Waals surface area contributed by atoms with Gasteiger partial charge in [-0.3, -0.25) is 0 Å². The van der Waals surface area contributed by atoms with Crippen molar-refractivity contribution in [1.29, 1.82) is 0 Å². The zero-order chi connectivity index (χ0) is 14.8. The molecule has 0 spiro atoms. The van der Waals surface area contributed by atoms with Crippen molar-refractivity contribution in [3.63, 3.8) is 0 Å². The molecule has 0 saturated heterocycles. The summed E-state index contributed by atoms with van der Waals surface area (Å²) >= 11 is 0. The standard InChI is InChI=1S/C15H24N2O2S/c1-12-7-8-15(11-13(12)2)20(18,19)17(10-4-9-16)14-5-3-6-14/h7-8,11,14H,3-6,9-10,16H2,1-2H3. The predicted octanol–water partition coefficient (Wildman–Crippen LogP) is 2.20. The van der Waals surface area contributed by atoms with Crippen molar-refractivity contribution >= 4 is 10.0 Å². The number of nitrogens with two attached hydrogens (primary N) is 1. The van der Waals surface area contributed by atoms with Crippen LogP contribution in [-0.2, 0) is 10.0 Å².